The number of rotatable bonds is 11. The van der Waals surface area contributed by atoms with Gasteiger partial charge in [-0.05, 0) is 39.3 Å². The Kier molecular flexibility index (Phi) is 12.0. The van der Waals surface area contributed by atoms with Crippen LogP contribution in [0.1, 0.15) is 52.9 Å². The zero-order valence-electron chi connectivity index (χ0n) is 12.4. The Labute approximate surface area is 113 Å². The maximum absolute atomic E-state index is 11.1. The van der Waals surface area contributed by atoms with E-state index in [9.17, 15) is 4.79 Å². The SMILES string of the molecule is C/C=C\CCN(CCCC)CCCNC(=O)CC. The van der Waals surface area contributed by atoms with Gasteiger partial charge in [-0.2, -0.15) is 0 Å². The highest BCUT2D eigenvalue weighted by molar-refractivity contribution is 5.75. The summed E-state index contributed by atoms with van der Waals surface area (Å²) in [5.74, 6) is 0.157. The van der Waals surface area contributed by atoms with Crippen LogP contribution in [0.5, 0.6) is 0 Å². The van der Waals surface area contributed by atoms with Crippen LogP contribution in [-0.2, 0) is 4.79 Å². The summed E-state index contributed by atoms with van der Waals surface area (Å²) in [7, 11) is 0. The van der Waals surface area contributed by atoms with Crippen LogP contribution < -0.4 is 5.32 Å². The zero-order valence-corrected chi connectivity index (χ0v) is 12.4. The molecule has 0 saturated heterocycles. The summed E-state index contributed by atoms with van der Waals surface area (Å²) in [5, 5.41) is 2.93. The molecule has 0 heterocycles. The number of hydrogen-bond acceptors (Lipinski definition) is 2. The van der Waals surface area contributed by atoms with Crippen molar-refractivity contribution in [2.75, 3.05) is 26.2 Å². The van der Waals surface area contributed by atoms with Gasteiger partial charge in [0.2, 0.25) is 5.91 Å². The van der Waals surface area contributed by atoms with E-state index in [0.717, 1.165) is 32.5 Å². The molecule has 3 heteroatoms. The lowest BCUT2D eigenvalue weighted by Gasteiger charge is -2.21. The second kappa shape index (κ2) is 12.6. The quantitative estimate of drug-likeness (QED) is 0.454. The van der Waals surface area contributed by atoms with Crippen LogP contribution in [0, 0.1) is 0 Å². The Bertz CT molecular complexity index is 227. The van der Waals surface area contributed by atoms with Gasteiger partial charge in [-0.25, -0.2) is 0 Å². The molecule has 3 nitrogen and oxygen atoms in total. The van der Waals surface area contributed by atoms with Crippen molar-refractivity contribution in [3.05, 3.63) is 12.2 Å². The van der Waals surface area contributed by atoms with Crippen molar-refractivity contribution in [2.45, 2.75) is 52.9 Å². The number of amides is 1. The molecule has 0 aromatic rings. The van der Waals surface area contributed by atoms with Gasteiger partial charge in [0.25, 0.3) is 0 Å². The van der Waals surface area contributed by atoms with Gasteiger partial charge in [0.15, 0.2) is 0 Å². The molecule has 0 bridgehead atoms. The van der Waals surface area contributed by atoms with Crippen molar-refractivity contribution in [1.29, 1.82) is 0 Å². The Balaban J connectivity index is 3.73. The molecule has 0 aliphatic heterocycles. The summed E-state index contributed by atoms with van der Waals surface area (Å²) in [6.45, 7) is 10.4. The molecule has 0 saturated carbocycles. The van der Waals surface area contributed by atoms with Crippen LogP contribution in [-0.4, -0.2) is 37.0 Å². The van der Waals surface area contributed by atoms with Gasteiger partial charge in [-0.1, -0.05) is 32.4 Å². The molecular formula is C15H30N2O. The van der Waals surface area contributed by atoms with Crippen molar-refractivity contribution in [3.8, 4) is 0 Å². The van der Waals surface area contributed by atoms with Gasteiger partial charge >= 0.3 is 0 Å². The predicted octanol–water partition coefficient (Wildman–Crippen LogP) is 2.97. The lowest BCUT2D eigenvalue weighted by Crippen LogP contribution is -2.31. The Morgan fingerprint density at radius 1 is 1.17 bits per heavy atom. The van der Waals surface area contributed by atoms with Crippen LogP contribution >= 0.6 is 0 Å². The van der Waals surface area contributed by atoms with Crippen molar-refractivity contribution >= 4 is 5.91 Å². The van der Waals surface area contributed by atoms with E-state index in [1.54, 1.807) is 0 Å². The van der Waals surface area contributed by atoms with E-state index >= 15 is 0 Å². The van der Waals surface area contributed by atoms with Crippen molar-refractivity contribution in [2.24, 2.45) is 0 Å². The molecule has 0 unspecified atom stereocenters. The van der Waals surface area contributed by atoms with E-state index in [0.29, 0.717) is 6.42 Å². The van der Waals surface area contributed by atoms with Crippen molar-refractivity contribution < 1.29 is 4.79 Å². The maximum Gasteiger partial charge on any atom is 0.219 e. The van der Waals surface area contributed by atoms with Gasteiger partial charge in [-0.15, -0.1) is 0 Å². The monoisotopic (exact) mass is 254 g/mol. The summed E-state index contributed by atoms with van der Waals surface area (Å²) in [6, 6.07) is 0. The zero-order chi connectivity index (χ0) is 13.6. The van der Waals surface area contributed by atoms with Crippen LogP contribution in [0.25, 0.3) is 0 Å². The third kappa shape index (κ3) is 10.3. The number of nitrogens with one attached hydrogen (secondary N) is 1. The summed E-state index contributed by atoms with van der Waals surface area (Å²) < 4.78 is 0. The van der Waals surface area contributed by atoms with E-state index in [1.807, 2.05) is 6.92 Å². The number of allylic oxidation sites excluding steroid dienone is 1. The van der Waals surface area contributed by atoms with Gasteiger partial charge in [0, 0.05) is 19.5 Å². The Morgan fingerprint density at radius 3 is 2.50 bits per heavy atom. The standard InChI is InChI=1S/C15H30N2O/c1-4-7-9-13-17(12-8-5-2)14-10-11-16-15(18)6-3/h4,7H,5-6,8-14H2,1-3H3,(H,16,18)/b7-4-. The third-order valence-corrected chi connectivity index (χ3v) is 2.97. The highest BCUT2D eigenvalue weighted by atomic mass is 16.1. The summed E-state index contributed by atoms with van der Waals surface area (Å²) in [5.41, 5.74) is 0. The number of nitrogens with zero attached hydrogens (tertiary/aromatic N) is 1. The molecule has 0 aromatic carbocycles. The lowest BCUT2D eigenvalue weighted by atomic mass is 10.2. The average Bonchev–Trinajstić information content (AvgIpc) is 2.39. The largest absolute Gasteiger partial charge is 0.356 e. The minimum Gasteiger partial charge on any atom is -0.356 e. The number of carbonyl (C=O) groups is 1. The van der Waals surface area contributed by atoms with Crippen LogP contribution in [0.4, 0.5) is 0 Å². The first-order valence-corrected chi connectivity index (χ1v) is 7.34. The van der Waals surface area contributed by atoms with E-state index in [-0.39, 0.29) is 5.91 Å². The summed E-state index contributed by atoms with van der Waals surface area (Å²) in [4.78, 5) is 13.6. The molecule has 1 amide bonds. The maximum atomic E-state index is 11.1. The van der Waals surface area contributed by atoms with E-state index < -0.39 is 0 Å². The first kappa shape index (κ1) is 17.2. The highest BCUT2D eigenvalue weighted by Crippen LogP contribution is 1.99. The van der Waals surface area contributed by atoms with Crippen molar-refractivity contribution in [3.63, 3.8) is 0 Å². The summed E-state index contributed by atoms with van der Waals surface area (Å²) >= 11 is 0. The Hall–Kier alpha value is -0.830. The van der Waals surface area contributed by atoms with Gasteiger partial charge in [0.05, 0.1) is 0 Å². The minimum atomic E-state index is 0.157. The molecule has 0 fully saturated rings. The predicted molar refractivity (Wildman–Crippen MR) is 78.7 cm³/mol. The second-order valence-electron chi connectivity index (χ2n) is 4.61. The number of carbonyl (C=O) groups excluding carboxylic acids is 1. The smallest absolute Gasteiger partial charge is 0.219 e. The fourth-order valence-electron chi connectivity index (χ4n) is 1.80. The molecule has 0 atom stereocenters. The average molecular weight is 254 g/mol. The van der Waals surface area contributed by atoms with Crippen molar-refractivity contribution in [1.82, 2.24) is 10.2 Å². The van der Waals surface area contributed by atoms with Crippen LogP contribution in [0.3, 0.4) is 0 Å². The lowest BCUT2D eigenvalue weighted by molar-refractivity contribution is -0.120. The van der Waals surface area contributed by atoms with E-state index in [1.165, 1.54) is 19.4 Å². The van der Waals surface area contributed by atoms with E-state index in [2.05, 4.69) is 36.2 Å². The van der Waals surface area contributed by atoms with Crippen LogP contribution in [0.2, 0.25) is 0 Å². The number of unbranched alkanes of at least 4 members (excludes halogenated alkanes) is 1. The third-order valence-electron chi connectivity index (χ3n) is 2.97. The van der Waals surface area contributed by atoms with E-state index in [4.69, 9.17) is 0 Å². The molecule has 0 radical (unpaired) electrons. The molecule has 0 aliphatic rings. The first-order valence-electron chi connectivity index (χ1n) is 7.34. The Morgan fingerprint density at radius 2 is 1.89 bits per heavy atom. The normalized spacial score (nSPS) is 11.3. The highest BCUT2D eigenvalue weighted by Gasteiger charge is 2.03. The van der Waals surface area contributed by atoms with Gasteiger partial charge in [-0.3, -0.25) is 4.79 Å². The van der Waals surface area contributed by atoms with Gasteiger partial charge < -0.3 is 10.2 Å². The topological polar surface area (TPSA) is 32.3 Å². The molecule has 18 heavy (non-hydrogen) atoms. The number of hydrogen-bond donors (Lipinski definition) is 1. The fourth-order valence-corrected chi connectivity index (χ4v) is 1.80. The molecule has 106 valence electrons. The molecule has 0 spiro atoms. The van der Waals surface area contributed by atoms with Gasteiger partial charge in [0.1, 0.15) is 0 Å². The molecule has 0 aromatic heterocycles. The molecule has 0 aliphatic carbocycles. The molecule has 1 N–H and O–H groups in total. The first-order chi connectivity index (χ1) is 8.74. The molecule has 0 rings (SSSR count). The minimum absolute atomic E-state index is 0.157. The second-order valence-corrected chi connectivity index (χ2v) is 4.61. The summed E-state index contributed by atoms with van der Waals surface area (Å²) in [6.07, 6.45) is 9.59. The fraction of sp³-hybridized carbons (Fsp3) is 0.800. The molecular weight excluding hydrogens is 224 g/mol. The van der Waals surface area contributed by atoms with Crippen LogP contribution in [0.15, 0.2) is 12.2 Å².